The zero-order chi connectivity index (χ0) is 23.8. The lowest BCUT2D eigenvalue weighted by molar-refractivity contribution is -0.0489. The minimum Gasteiger partial charge on any atom is -0.330 e. The van der Waals surface area contributed by atoms with Gasteiger partial charge in [0.25, 0.3) is 5.91 Å². The lowest BCUT2D eigenvalue weighted by Gasteiger charge is -2.57. The second-order valence-electron chi connectivity index (χ2n) is 9.80. The molecule has 6 rings (SSSR count). The van der Waals surface area contributed by atoms with E-state index in [0.717, 1.165) is 60.1 Å². The molecule has 3 heterocycles. The van der Waals surface area contributed by atoms with Crippen molar-refractivity contribution in [3.8, 4) is 23.0 Å². The van der Waals surface area contributed by atoms with Gasteiger partial charge in [-0.15, -0.1) is 0 Å². The van der Waals surface area contributed by atoms with Crippen LogP contribution in [0.5, 0.6) is 0 Å². The lowest BCUT2D eigenvalue weighted by Crippen LogP contribution is -2.71. The SMILES string of the molecule is CN1CC2(CCCCN2C(=O)c2ccc3[nH]nc(C#Cc4ccccc4-c4ccccc4)c3c2)C1. The monoisotopic (exact) mass is 460 g/mol. The van der Waals surface area contributed by atoms with Gasteiger partial charge in [0.15, 0.2) is 0 Å². The van der Waals surface area contributed by atoms with Crippen molar-refractivity contribution in [2.45, 2.75) is 24.8 Å². The van der Waals surface area contributed by atoms with Gasteiger partial charge in [-0.05, 0) is 67.6 Å². The number of carbonyl (C=O) groups is 1. The van der Waals surface area contributed by atoms with Crippen molar-refractivity contribution in [1.82, 2.24) is 20.0 Å². The predicted octanol–water partition coefficient (Wildman–Crippen LogP) is 4.94. The average Bonchev–Trinajstić information content (AvgIpc) is 3.29. The molecule has 2 aliphatic rings. The van der Waals surface area contributed by atoms with Gasteiger partial charge in [0.05, 0.1) is 11.1 Å². The van der Waals surface area contributed by atoms with E-state index in [1.54, 1.807) is 0 Å². The first-order valence-electron chi connectivity index (χ1n) is 12.3. The number of nitrogens with one attached hydrogen (secondary N) is 1. The molecule has 0 bridgehead atoms. The fraction of sp³-hybridized carbons (Fsp3) is 0.267. The van der Waals surface area contributed by atoms with Crippen molar-refractivity contribution in [2.24, 2.45) is 0 Å². The number of hydrogen-bond donors (Lipinski definition) is 1. The minimum absolute atomic E-state index is 0.000773. The first-order chi connectivity index (χ1) is 17.1. The van der Waals surface area contributed by atoms with Crippen LogP contribution in [-0.4, -0.2) is 58.1 Å². The molecule has 1 amide bonds. The van der Waals surface area contributed by atoms with Gasteiger partial charge in [-0.1, -0.05) is 54.5 Å². The van der Waals surface area contributed by atoms with E-state index >= 15 is 0 Å². The largest absolute Gasteiger partial charge is 0.330 e. The maximum absolute atomic E-state index is 13.6. The summed E-state index contributed by atoms with van der Waals surface area (Å²) in [5, 5.41) is 8.42. The van der Waals surface area contributed by atoms with Crippen LogP contribution >= 0.6 is 0 Å². The van der Waals surface area contributed by atoms with Crippen LogP contribution in [-0.2, 0) is 0 Å². The average molecular weight is 461 g/mol. The van der Waals surface area contributed by atoms with Gasteiger partial charge < -0.3 is 9.80 Å². The number of piperidine rings is 1. The van der Waals surface area contributed by atoms with Crippen LogP contribution in [0.25, 0.3) is 22.0 Å². The molecule has 2 saturated heterocycles. The number of likely N-dealkylation sites (tertiary alicyclic amines) is 2. The molecule has 174 valence electrons. The topological polar surface area (TPSA) is 52.2 Å². The van der Waals surface area contributed by atoms with E-state index in [0.29, 0.717) is 11.3 Å². The normalized spacial score (nSPS) is 17.1. The molecule has 2 fully saturated rings. The van der Waals surface area contributed by atoms with Crippen molar-refractivity contribution in [3.05, 3.63) is 89.6 Å². The summed E-state index contributed by atoms with van der Waals surface area (Å²) in [6.07, 6.45) is 3.36. The van der Waals surface area contributed by atoms with Crippen molar-refractivity contribution >= 4 is 16.8 Å². The lowest BCUT2D eigenvalue weighted by atomic mass is 9.79. The van der Waals surface area contributed by atoms with Gasteiger partial charge in [-0.25, -0.2) is 0 Å². The van der Waals surface area contributed by atoms with Gasteiger partial charge in [-0.2, -0.15) is 5.10 Å². The third-order valence-electron chi connectivity index (χ3n) is 7.36. The van der Waals surface area contributed by atoms with E-state index in [4.69, 9.17) is 0 Å². The van der Waals surface area contributed by atoms with Crippen LogP contribution in [0, 0.1) is 11.8 Å². The van der Waals surface area contributed by atoms with E-state index in [2.05, 4.69) is 57.1 Å². The van der Waals surface area contributed by atoms with Crippen molar-refractivity contribution in [2.75, 3.05) is 26.7 Å². The third-order valence-corrected chi connectivity index (χ3v) is 7.36. The Morgan fingerprint density at radius 3 is 2.60 bits per heavy atom. The van der Waals surface area contributed by atoms with Crippen LogP contribution in [0.2, 0.25) is 0 Å². The molecule has 0 unspecified atom stereocenters. The Bertz CT molecular complexity index is 1450. The van der Waals surface area contributed by atoms with E-state index < -0.39 is 0 Å². The summed E-state index contributed by atoms with van der Waals surface area (Å²) in [5.74, 6) is 6.70. The minimum atomic E-state index is -0.000773. The number of aromatic amines is 1. The molecule has 0 radical (unpaired) electrons. The predicted molar refractivity (Wildman–Crippen MR) is 139 cm³/mol. The van der Waals surface area contributed by atoms with E-state index in [1.807, 2.05) is 54.6 Å². The van der Waals surface area contributed by atoms with Crippen LogP contribution in [0.3, 0.4) is 0 Å². The highest BCUT2D eigenvalue weighted by Crippen LogP contribution is 2.37. The fourth-order valence-corrected chi connectivity index (χ4v) is 5.69. The van der Waals surface area contributed by atoms with Crippen LogP contribution < -0.4 is 0 Å². The third kappa shape index (κ3) is 3.90. The molecule has 5 heteroatoms. The Labute approximate surface area is 205 Å². The Balaban J connectivity index is 1.33. The quantitative estimate of drug-likeness (QED) is 0.431. The molecule has 4 aromatic rings. The van der Waals surface area contributed by atoms with E-state index in [-0.39, 0.29) is 11.4 Å². The zero-order valence-corrected chi connectivity index (χ0v) is 19.9. The number of nitrogens with zero attached hydrogens (tertiary/aromatic N) is 3. The zero-order valence-electron chi connectivity index (χ0n) is 19.9. The molecule has 0 aliphatic carbocycles. The van der Waals surface area contributed by atoms with Crippen molar-refractivity contribution < 1.29 is 4.79 Å². The summed E-state index contributed by atoms with van der Waals surface area (Å²) in [5.41, 5.74) is 5.44. The molecule has 1 spiro atoms. The Kier molecular flexibility index (Phi) is 5.39. The summed E-state index contributed by atoms with van der Waals surface area (Å²) < 4.78 is 0. The number of likely N-dealkylation sites (N-methyl/N-ethyl adjacent to an activating group) is 1. The van der Waals surface area contributed by atoms with Gasteiger partial charge in [0.2, 0.25) is 0 Å². The highest BCUT2D eigenvalue weighted by molar-refractivity contribution is 5.99. The summed E-state index contributed by atoms with van der Waals surface area (Å²) in [7, 11) is 2.13. The number of carbonyl (C=O) groups excluding carboxylic acids is 1. The number of aromatic nitrogens is 2. The number of amides is 1. The first-order valence-corrected chi connectivity index (χ1v) is 12.3. The molecule has 5 nitrogen and oxygen atoms in total. The second-order valence-corrected chi connectivity index (χ2v) is 9.80. The highest BCUT2D eigenvalue weighted by atomic mass is 16.2. The maximum Gasteiger partial charge on any atom is 0.254 e. The van der Waals surface area contributed by atoms with Crippen LogP contribution in [0.4, 0.5) is 0 Å². The molecular formula is C30H28N4O. The molecule has 0 atom stereocenters. The molecule has 2 aliphatic heterocycles. The highest BCUT2D eigenvalue weighted by Gasteiger charge is 2.49. The van der Waals surface area contributed by atoms with Gasteiger partial charge in [0, 0.05) is 36.1 Å². The summed E-state index contributed by atoms with van der Waals surface area (Å²) in [4.78, 5) is 18.0. The molecule has 1 aromatic heterocycles. The molecule has 1 N–H and O–H groups in total. The molecule has 0 saturated carbocycles. The Morgan fingerprint density at radius 1 is 0.971 bits per heavy atom. The summed E-state index contributed by atoms with van der Waals surface area (Å²) in [6, 6.07) is 24.2. The smallest absolute Gasteiger partial charge is 0.254 e. The molecule has 3 aromatic carbocycles. The van der Waals surface area contributed by atoms with Crippen LogP contribution in [0.1, 0.15) is 40.9 Å². The fourth-order valence-electron chi connectivity index (χ4n) is 5.69. The Hall–Kier alpha value is -3.88. The number of benzene rings is 3. The van der Waals surface area contributed by atoms with E-state index in [1.165, 1.54) is 6.42 Å². The van der Waals surface area contributed by atoms with Gasteiger partial charge in [0.1, 0.15) is 5.69 Å². The van der Waals surface area contributed by atoms with Crippen LogP contribution in [0.15, 0.2) is 72.8 Å². The number of hydrogen-bond acceptors (Lipinski definition) is 3. The van der Waals surface area contributed by atoms with Crippen molar-refractivity contribution in [3.63, 3.8) is 0 Å². The summed E-state index contributed by atoms with van der Waals surface area (Å²) >= 11 is 0. The van der Waals surface area contributed by atoms with E-state index in [9.17, 15) is 4.79 Å². The standard InChI is InChI=1S/C30H28N4O/c1-33-20-30(21-33)17-7-8-18-34(30)29(35)24-14-16-28-26(19-24)27(31-32-28)15-13-23-11-5-6-12-25(23)22-9-3-2-4-10-22/h2-6,9-12,14,16,19H,7-8,17-18,20-21H2,1H3,(H,31,32). The Morgan fingerprint density at radius 2 is 1.77 bits per heavy atom. The maximum atomic E-state index is 13.6. The van der Waals surface area contributed by atoms with Gasteiger partial charge >= 0.3 is 0 Å². The second kappa shape index (κ2) is 8.72. The molecular weight excluding hydrogens is 432 g/mol. The number of fused-ring (bicyclic) bond motifs is 1. The summed E-state index contributed by atoms with van der Waals surface area (Å²) in [6.45, 7) is 2.76. The van der Waals surface area contributed by atoms with Crippen molar-refractivity contribution in [1.29, 1.82) is 0 Å². The number of rotatable bonds is 2. The van der Waals surface area contributed by atoms with Gasteiger partial charge in [-0.3, -0.25) is 9.89 Å². The first kappa shape index (κ1) is 21.6. The molecule has 35 heavy (non-hydrogen) atoms. The number of H-pyrrole nitrogens is 1.